The number of nitrogens with zero attached hydrogens (tertiary/aromatic N) is 2. The maximum absolute atomic E-state index is 12.0. The van der Waals surface area contributed by atoms with Gasteiger partial charge in [0.15, 0.2) is 6.61 Å². The number of ether oxygens (including phenoxy) is 1. The Hall–Kier alpha value is -2.83. The molecule has 3 aromatic rings. The van der Waals surface area contributed by atoms with Gasteiger partial charge in [0.1, 0.15) is 5.75 Å². The molecule has 0 spiro atoms. The second-order valence-corrected chi connectivity index (χ2v) is 6.70. The van der Waals surface area contributed by atoms with Crippen molar-refractivity contribution in [3.8, 4) is 17.0 Å². The zero-order chi connectivity index (χ0) is 19.9. The summed E-state index contributed by atoms with van der Waals surface area (Å²) in [5.74, 6) is 0.120. The Bertz CT molecular complexity index is 1020. The van der Waals surface area contributed by atoms with E-state index >= 15 is 0 Å². The van der Waals surface area contributed by atoms with Crippen LogP contribution in [0.15, 0.2) is 65.5 Å². The molecule has 0 atom stereocenters. The van der Waals surface area contributed by atoms with E-state index < -0.39 is 0 Å². The van der Waals surface area contributed by atoms with Gasteiger partial charge in [-0.15, -0.1) is 0 Å². The molecule has 0 bridgehead atoms. The number of para-hydroxylation sites is 1. The summed E-state index contributed by atoms with van der Waals surface area (Å²) in [6.45, 7) is 0.302. The van der Waals surface area contributed by atoms with Crippen LogP contribution in [0.3, 0.4) is 0 Å². The molecular weight excluding hydrogens is 401 g/mol. The van der Waals surface area contributed by atoms with Crippen LogP contribution in [0.5, 0.6) is 5.75 Å². The lowest BCUT2D eigenvalue weighted by Gasteiger charge is -2.10. The van der Waals surface area contributed by atoms with E-state index in [0.717, 1.165) is 5.56 Å². The van der Waals surface area contributed by atoms with Crippen molar-refractivity contribution < 1.29 is 9.53 Å². The van der Waals surface area contributed by atoms with Crippen LogP contribution in [-0.4, -0.2) is 28.8 Å². The molecule has 0 unspecified atom stereocenters. The molecule has 8 heteroatoms. The number of benzene rings is 2. The highest BCUT2D eigenvalue weighted by Gasteiger charge is 2.07. The van der Waals surface area contributed by atoms with E-state index in [0.29, 0.717) is 21.5 Å². The van der Waals surface area contributed by atoms with E-state index in [-0.39, 0.29) is 31.2 Å². The minimum Gasteiger partial charge on any atom is -0.482 e. The molecule has 0 radical (unpaired) electrons. The summed E-state index contributed by atoms with van der Waals surface area (Å²) in [6.07, 6.45) is 0. The molecule has 0 aliphatic rings. The lowest BCUT2D eigenvalue weighted by molar-refractivity contribution is -0.123. The molecule has 3 rings (SSSR count). The average Bonchev–Trinajstić information content (AvgIpc) is 2.69. The largest absolute Gasteiger partial charge is 0.482 e. The van der Waals surface area contributed by atoms with Crippen LogP contribution in [0.4, 0.5) is 0 Å². The van der Waals surface area contributed by atoms with Gasteiger partial charge < -0.3 is 10.1 Å². The van der Waals surface area contributed by atoms with E-state index in [2.05, 4.69) is 10.4 Å². The smallest absolute Gasteiger partial charge is 0.266 e. The van der Waals surface area contributed by atoms with Crippen LogP contribution in [0, 0.1) is 0 Å². The Kier molecular flexibility index (Phi) is 6.68. The van der Waals surface area contributed by atoms with Gasteiger partial charge in [0, 0.05) is 23.2 Å². The van der Waals surface area contributed by atoms with Gasteiger partial charge in [-0.3, -0.25) is 9.59 Å². The molecule has 0 saturated heterocycles. The van der Waals surface area contributed by atoms with Crippen molar-refractivity contribution in [2.24, 2.45) is 0 Å². The fourth-order valence-corrected chi connectivity index (χ4v) is 2.76. The van der Waals surface area contributed by atoms with Gasteiger partial charge in [0.25, 0.3) is 11.5 Å². The number of hydrogen-bond acceptors (Lipinski definition) is 4. The van der Waals surface area contributed by atoms with Gasteiger partial charge in [0.05, 0.1) is 17.3 Å². The van der Waals surface area contributed by atoms with Crippen molar-refractivity contribution in [1.29, 1.82) is 0 Å². The molecule has 1 heterocycles. The second kappa shape index (κ2) is 9.39. The third-order valence-electron chi connectivity index (χ3n) is 3.85. The molecule has 1 aromatic heterocycles. The number of carbonyl (C=O) groups excluding carboxylic acids is 1. The zero-order valence-electron chi connectivity index (χ0n) is 14.8. The summed E-state index contributed by atoms with van der Waals surface area (Å²) in [6, 6.07) is 17.2. The van der Waals surface area contributed by atoms with Gasteiger partial charge in [0.2, 0.25) is 0 Å². The van der Waals surface area contributed by atoms with Crippen LogP contribution >= 0.6 is 23.2 Å². The quantitative estimate of drug-likeness (QED) is 0.638. The predicted octanol–water partition coefficient (Wildman–Crippen LogP) is 3.41. The van der Waals surface area contributed by atoms with Crippen molar-refractivity contribution in [2.45, 2.75) is 6.54 Å². The molecule has 28 heavy (non-hydrogen) atoms. The number of hydrogen-bond donors (Lipinski definition) is 1. The topological polar surface area (TPSA) is 73.2 Å². The monoisotopic (exact) mass is 417 g/mol. The summed E-state index contributed by atoms with van der Waals surface area (Å²) in [4.78, 5) is 23.9. The molecule has 0 saturated carbocycles. The van der Waals surface area contributed by atoms with Gasteiger partial charge in [-0.2, -0.15) is 5.10 Å². The lowest BCUT2D eigenvalue weighted by atomic mass is 10.1. The molecule has 144 valence electrons. The van der Waals surface area contributed by atoms with Crippen LogP contribution < -0.4 is 15.6 Å². The third kappa shape index (κ3) is 5.34. The predicted molar refractivity (Wildman–Crippen MR) is 109 cm³/mol. The SMILES string of the molecule is O=C(COc1ccccc1Cl)NCCn1nc(-c2ccc(Cl)cc2)ccc1=O. The summed E-state index contributed by atoms with van der Waals surface area (Å²) in [7, 11) is 0. The van der Waals surface area contributed by atoms with E-state index in [1.807, 2.05) is 12.1 Å². The average molecular weight is 418 g/mol. The zero-order valence-corrected chi connectivity index (χ0v) is 16.3. The number of halogens is 2. The number of nitrogens with one attached hydrogen (secondary N) is 1. The Labute approximate surface area is 171 Å². The first-order valence-corrected chi connectivity index (χ1v) is 9.26. The minimum absolute atomic E-state index is 0.170. The number of carbonyl (C=O) groups is 1. The van der Waals surface area contributed by atoms with Gasteiger partial charge in [-0.05, 0) is 30.3 Å². The van der Waals surface area contributed by atoms with Crippen molar-refractivity contribution in [3.05, 3.63) is 81.1 Å². The van der Waals surface area contributed by atoms with E-state index in [1.165, 1.54) is 10.7 Å². The Morgan fingerprint density at radius 1 is 1.04 bits per heavy atom. The van der Waals surface area contributed by atoms with E-state index in [9.17, 15) is 9.59 Å². The van der Waals surface area contributed by atoms with Crippen LogP contribution in [-0.2, 0) is 11.3 Å². The maximum Gasteiger partial charge on any atom is 0.266 e. The molecule has 2 aromatic carbocycles. The molecule has 0 aliphatic heterocycles. The van der Waals surface area contributed by atoms with Crippen molar-refractivity contribution >= 4 is 29.1 Å². The van der Waals surface area contributed by atoms with Crippen LogP contribution in [0.25, 0.3) is 11.3 Å². The maximum atomic E-state index is 12.0. The van der Waals surface area contributed by atoms with E-state index in [1.54, 1.807) is 42.5 Å². The normalized spacial score (nSPS) is 10.5. The van der Waals surface area contributed by atoms with Crippen LogP contribution in [0.2, 0.25) is 10.0 Å². The van der Waals surface area contributed by atoms with E-state index in [4.69, 9.17) is 27.9 Å². The van der Waals surface area contributed by atoms with Crippen LogP contribution in [0.1, 0.15) is 0 Å². The van der Waals surface area contributed by atoms with Crippen molar-refractivity contribution in [2.75, 3.05) is 13.2 Å². The van der Waals surface area contributed by atoms with Gasteiger partial charge in [-0.25, -0.2) is 4.68 Å². The summed E-state index contributed by atoms with van der Waals surface area (Å²) >= 11 is 11.9. The molecule has 1 N–H and O–H groups in total. The summed E-state index contributed by atoms with van der Waals surface area (Å²) in [5, 5.41) is 8.09. The number of amides is 1. The fraction of sp³-hybridized carbons (Fsp3) is 0.150. The molecule has 6 nitrogen and oxygen atoms in total. The highest BCUT2D eigenvalue weighted by molar-refractivity contribution is 6.32. The molecule has 1 amide bonds. The minimum atomic E-state index is -0.318. The molecular formula is C20H17Cl2N3O3. The lowest BCUT2D eigenvalue weighted by Crippen LogP contribution is -2.34. The first-order valence-electron chi connectivity index (χ1n) is 8.51. The van der Waals surface area contributed by atoms with Crippen molar-refractivity contribution in [3.63, 3.8) is 0 Å². The second-order valence-electron chi connectivity index (χ2n) is 5.86. The summed E-state index contributed by atoms with van der Waals surface area (Å²) in [5.41, 5.74) is 1.24. The highest BCUT2D eigenvalue weighted by Crippen LogP contribution is 2.22. The van der Waals surface area contributed by atoms with Gasteiger partial charge in [-0.1, -0.05) is 47.5 Å². The molecule has 0 fully saturated rings. The first kappa shape index (κ1) is 19.9. The Balaban J connectivity index is 1.55. The number of aromatic nitrogens is 2. The number of rotatable bonds is 7. The standard InChI is InChI=1S/C20H17Cl2N3O3/c21-15-7-5-14(6-8-15)17-9-10-20(27)25(24-17)12-11-23-19(26)13-28-18-4-2-1-3-16(18)22/h1-10H,11-13H2,(H,23,26). The van der Waals surface area contributed by atoms with Crippen molar-refractivity contribution in [1.82, 2.24) is 15.1 Å². The fourth-order valence-electron chi connectivity index (χ4n) is 2.44. The molecule has 0 aliphatic carbocycles. The summed E-state index contributed by atoms with van der Waals surface area (Å²) < 4.78 is 6.68. The highest BCUT2D eigenvalue weighted by atomic mass is 35.5. The third-order valence-corrected chi connectivity index (χ3v) is 4.41. The van der Waals surface area contributed by atoms with Gasteiger partial charge >= 0.3 is 0 Å². The first-order chi connectivity index (χ1) is 13.5. The Morgan fingerprint density at radius 2 is 1.79 bits per heavy atom. The Morgan fingerprint density at radius 3 is 2.54 bits per heavy atom.